The Morgan fingerprint density at radius 3 is 2.77 bits per heavy atom. The van der Waals surface area contributed by atoms with Crippen LogP contribution in [0.25, 0.3) is 5.65 Å². The molecule has 1 atom stereocenters. The Morgan fingerprint density at radius 2 is 2.03 bits per heavy atom. The third-order valence-corrected chi connectivity index (χ3v) is 5.36. The topological polar surface area (TPSA) is 59.7 Å². The van der Waals surface area contributed by atoms with Crippen molar-refractivity contribution in [3.8, 4) is 5.75 Å². The van der Waals surface area contributed by atoms with Crippen molar-refractivity contribution in [2.45, 2.75) is 31.9 Å². The number of para-hydroxylation sites is 1. The van der Waals surface area contributed by atoms with Gasteiger partial charge in [-0.3, -0.25) is 4.79 Å². The summed E-state index contributed by atoms with van der Waals surface area (Å²) in [5.41, 5.74) is 0.914. The van der Waals surface area contributed by atoms with E-state index < -0.39 is 11.9 Å². The van der Waals surface area contributed by atoms with Crippen LogP contribution < -0.4 is 4.74 Å². The Hall–Kier alpha value is -3.10. The molecule has 3 aromatic rings. The van der Waals surface area contributed by atoms with Crippen LogP contribution in [-0.2, 0) is 17.4 Å². The molecule has 1 fully saturated rings. The van der Waals surface area contributed by atoms with E-state index in [-0.39, 0.29) is 29.6 Å². The van der Waals surface area contributed by atoms with Gasteiger partial charge in [0, 0.05) is 36.3 Å². The molecule has 1 unspecified atom stereocenters. The third-order valence-electron chi connectivity index (χ3n) is 5.36. The lowest BCUT2D eigenvalue weighted by Gasteiger charge is -2.17. The molecule has 0 radical (unpaired) electrons. The van der Waals surface area contributed by atoms with E-state index >= 15 is 0 Å². The Kier molecular flexibility index (Phi) is 5.13. The quantitative estimate of drug-likeness (QED) is 0.649. The van der Waals surface area contributed by atoms with E-state index in [9.17, 15) is 18.0 Å². The number of likely N-dealkylation sites (tertiary alicyclic amines) is 1. The van der Waals surface area contributed by atoms with Crippen molar-refractivity contribution in [2.24, 2.45) is 0 Å². The SMILES string of the molecule is COc1ccccc1CC(=O)N1CCC(c2cc3nc(C)cc(C(F)(F)F)n3n2)C1. The normalized spacial score (nSPS) is 17.0. The van der Waals surface area contributed by atoms with E-state index in [0.717, 1.165) is 16.1 Å². The van der Waals surface area contributed by atoms with E-state index in [1.54, 1.807) is 24.1 Å². The summed E-state index contributed by atoms with van der Waals surface area (Å²) < 4.78 is 46.3. The predicted octanol–water partition coefficient (Wildman–Crippen LogP) is 3.62. The lowest BCUT2D eigenvalue weighted by Crippen LogP contribution is -2.30. The van der Waals surface area contributed by atoms with Gasteiger partial charge in [-0.25, -0.2) is 9.50 Å². The molecule has 1 saturated heterocycles. The largest absolute Gasteiger partial charge is 0.496 e. The first-order valence-electron chi connectivity index (χ1n) is 9.60. The van der Waals surface area contributed by atoms with Crippen molar-refractivity contribution in [1.82, 2.24) is 19.5 Å². The molecule has 4 rings (SSSR count). The van der Waals surface area contributed by atoms with Gasteiger partial charge >= 0.3 is 6.18 Å². The maximum absolute atomic E-state index is 13.4. The maximum atomic E-state index is 13.4. The minimum absolute atomic E-state index is 0.0456. The lowest BCUT2D eigenvalue weighted by molar-refractivity contribution is -0.142. The predicted molar refractivity (Wildman–Crippen MR) is 103 cm³/mol. The number of methoxy groups -OCH3 is 1. The van der Waals surface area contributed by atoms with Gasteiger partial charge in [-0.15, -0.1) is 0 Å². The van der Waals surface area contributed by atoms with Gasteiger partial charge in [0.2, 0.25) is 5.91 Å². The third kappa shape index (κ3) is 3.83. The number of aromatic nitrogens is 3. The van der Waals surface area contributed by atoms with Crippen molar-refractivity contribution in [3.05, 3.63) is 59.0 Å². The highest BCUT2D eigenvalue weighted by atomic mass is 19.4. The van der Waals surface area contributed by atoms with Crippen LogP contribution in [0.2, 0.25) is 0 Å². The molecule has 158 valence electrons. The van der Waals surface area contributed by atoms with E-state index in [1.807, 2.05) is 18.2 Å². The van der Waals surface area contributed by atoms with Crippen LogP contribution in [0.5, 0.6) is 5.75 Å². The molecule has 0 saturated carbocycles. The zero-order valence-electron chi connectivity index (χ0n) is 16.6. The summed E-state index contributed by atoms with van der Waals surface area (Å²) in [7, 11) is 1.56. The zero-order chi connectivity index (χ0) is 21.5. The van der Waals surface area contributed by atoms with E-state index in [4.69, 9.17) is 4.74 Å². The van der Waals surface area contributed by atoms with E-state index in [1.165, 1.54) is 6.92 Å². The molecule has 0 N–H and O–H groups in total. The monoisotopic (exact) mass is 418 g/mol. The fourth-order valence-electron chi connectivity index (χ4n) is 3.87. The molecule has 1 amide bonds. The van der Waals surface area contributed by atoms with Crippen molar-refractivity contribution >= 4 is 11.6 Å². The number of fused-ring (bicyclic) bond motifs is 1. The van der Waals surface area contributed by atoms with Crippen LogP contribution in [-0.4, -0.2) is 45.6 Å². The second-order valence-electron chi connectivity index (χ2n) is 7.43. The molecule has 1 aliphatic heterocycles. The number of hydrogen-bond acceptors (Lipinski definition) is 4. The minimum atomic E-state index is -4.53. The number of benzene rings is 1. The zero-order valence-corrected chi connectivity index (χ0v) is 16.6. The molecule has 0 spiro atoms. The van der Waals surface area contributed by atoms with Gasteiger partial charge in [-0.1, -0.05) is 18.2 Å². The Morgan fingerprint density at radius 1 is 1.27 bits per heavy atom. The molecule has 30 heavy (non-hydrogen) atoms. The van der Waals surface area contributed by atoms with Crippen LogP contribution >= 0.6 is 0 Å². The second-order valence-corrected chi connectivity index (χ2v) is 7.43. The van der Waals surface area contributed by atoms with Gasteiger partial charge in [-0.05, 0) is 25.5 Å². The number of carbonyl (C=O) groups is 1. The summed E-state index contributed by atoms with van der Waals surface area (Å²) in [5, 5.41) is 4.18. The van der Waals surface area contributed by atoms with Crippen LogP contribution in [0, 0.1) is 6.92 Å². The average molecular weight is 418 g/mol. The first-order chi connectivity index (χ1) is 14.3. The van der Waals surface area contributed by atoms with Gasteiger partial charge in [0.05, 0.1) is 19.2 Å². The van der Waals surface area contributed by atoms with Gasteiger partial charge in [0.15, 0.2) is 5.65 Å². The number of hydrogen-bond donors (Lipinski definition) is 0. The summed E-state index contributed by atoms with van der Waals surface area (Å²) in [4.78, 5) is 18.6. The number of carbonyl (C=O) groups excluding carboxylic acids is 1. The molecule has 2 aromatic heterocycles. The van der Waals surface area contributed by atoms with Crippen LogP contribution in [0.4, 0.5) is 13.2 Å². The van der Waals surface area contributed by atoms with Crippen LogP contribution in [0.3, 0.4) is 0 Å². The molecule has 1 aromatic carbocycles. The van der Waals surface area contributed by atoms with Crippen molar-refractivity contribution in [3.63, 3.8) is 0 Å². The molecule has 0 aliphatic carbocycles. The Bertz CT molecular complexity index is 1090. The van der Waals surface area contributed by atoms with E-state index in [0.29, 0.717) is 31.0 Å². The van der Waals surface area contributed by atoms with Crippen molar-refractivity contribution in [1.29, 1.82) is 0 Å². The summed E-state index contributed by atoms with van der Waals surface area (Å²) >= 11 is 0. The summed E-state index contributed by atoms with van der Waals surface area (Å²) in [5.74, 6) is 0.480. The van der Waals surface area contributed by atoms with E-state index in [2.05, 4.69) is 10.1 Å². The molecule has 0 bridgehead atoms. The first kappa shape index (κ1) is 20.2. The van der Waals surface area contributed by atoms with Crippen LogP contribution in [0.1, 0.15) is 35.0 Å². The fourth-order valence-corrected chi connectivity index (χ4v) is 3.87. The second kappa shape index (κ2) is 7.62. The Balaban J connectivity index is 1.53. The molecule has 9 heteroatoms. The first-order valence-corrected chi connectivity index (χ1v) is 9.60. The van der Waals surface area contributed by atoms with Gasteiger partial charge < -0.3 is 9.64 Å². The summed E-state index contributed by atoms with van der Waals surface area (Å²) in [6.07, 6.45) is -3.68. The molecule has 3 heterocycles. The van der Waals surface area contributed by atoms with Crippen molar-refractivity contribution < 1.29 is 22.7 Å². The number of ether oxygens (including phenoxy) is 1. The molecular formula is C21H21F3N4O2. The minimum Gasteiger partial charge on any atom is -0.496 e. The van der Waals surface area contributed by atoms with Gasteiger partial charge in [0.1, 0.15) is 11.4 Å². The fraction of sp³-hybridized carbons (Fsp3) is 0.381. The summed E-state index contributed by atoms with van der Waals surface area (Å²) in [6, 6.07) is 9.91. The average Bonchev–Trinajstić information content (AvgIpc) is 3.34. The highest BCUT2D eigenvalue weighted by Crippen LogP contribution is 2.32. The Labute approximate surface area is 171 Å². The number of halogens is 3. The van der Waals surface area contributed by atoms with Gasteiger partial charge in [0.25, 0.3) is 0 Å². The number of amides is 1. The molecule has 6 nitrogen and oxygen atoms in total. The highest BCUT2D eigenvalue weighted by Gasteiger charge is 2.36. The molecule has 1 aliphatic rings. The lowest BCUT2D eigenvalue weighted by atomic mass is 10.1. The smallest absolute Gasteiger partial charge is 0.433 e. The highest BCUT2D eigenvalue weighted by molar-refractivity contribution is 5.80. The number of alkyl halides is 3. The number of nitrogens with zero attached hydrogens (tertiary/aromatic N) is 4. The van der Waals surface area contributed by atoms with Crippen molar-refractivity contribution in [2.75, 3.05) is 20.2 Å². The van der Waals surface area contributed by atoms with Gasteiger partial charge in [-0.2, -0.15) is 18.3 Å². The number of aryl methyl sites for hydroxylation is 1. The molecular weight excluding hydrogens is 397 g/mol. The standard InChI is InChI=1S/C21H21F3N4O2/c1-13-9-18(21(22,23)24)28-19(25-13)11-16(26-28)15-7-8-27(12-15)20(29)10-14-5-3-4-6-17(14)30-2/h3-6,9,11,15H,7-8,10,12H2,1-2H3. The summed E-state index contributed by atoms with van der Waals surface area (Å²) in [6.45, 7) is 2.47. The number of rotatable bonds is 4. The van der Waals surface area contributed by atoms with Crippen LogP contribution in [0.15, 0.2) is 36.4 Å². The maximum Gasteiger partial charge on any atom is 0.433 e.